The van der Waals surface area contributed by atoms with Crippen LogP contribution in [0.5, 0.6) is 0 Å². The van der Waals surface area contributed by atoms with E-state index in [0.29, 0.717) is 12.6 Å². The summed E-state index contributed by atoms with van der Waals surface area (Å²) < 4.78 is 1.71. The molecule has 5 nitrogen and oxygen atoms in total. The molecule has 0 radical (unpaired) electrons. The van der Waals surface area contributed by atoms with Crippen LogP contribution in [-0.2, 0) is 18.3 Å². The van der Waals surface area contributed by atoms with E-state index < -0.39 is 0 Å². The number of anilines is 1. The summed E-state index contributed by atoms with van der Waals surface area (Å²) in [5.74, 6) is 0.791. The lowest BCUT2D eigenvalue weighted by Gasteiger charge is -2.24. The third kappa shape index (κ3) is 3.99. The number of hydrogen-bond acceptors (Lipinski definition) is 3. The lowest BCUT2D eigenvalue weighted by molar-refractivity contribution is -0.117. The van der Waals surface area contributed by atoms with E-state index in [2.05, 4.69) is 39.6 Å². The van der Waals surface area contributed by atoms with Crippen molar-refractivity contribution in [1.29, 1.82) is 0 Å². The zero-order valence-electron chi connectivity index (χ0n) is 13.8. The Bertz CT molecular complexity index is 665. The molecule has 0 aliphatic carbocycles. The fourth-order valence-electron chi connectivity index (χ4n) is 3.32. The average Bonchev–Trinajstić information content (AvgIpc) is 3.07. The van der Waals surface area contributed by atoms with E-state index in [4.69, 9.17) is 0 Å². The van der Waals surface area contributed by atoms with E-state index in [9.17, 15) is 4.79 Å². The Kier molecular flexibility index (Phi) is 4.76. The minimum Gasteiger partial charge on any atom is -0.310 e. The van der Waals surface area contributed by atoms with Crippen molar-refractivity contribution in [1.82, 2.24) is 14.7 Å². The first-order valence-corrected chi connectivity index (χ1v) is 8.20. The molecule has 0 spiro atoms. The predicted molar refractivity (Wildman–Crippen MR) is 91.3 cm³/mol. The van der Waals surface area contributed by atoms with Crippen molar-refractivity contribution in [3.05, 3.63) is 47.7 Å². The second-order valence-electron chi connectivity index (χ2n) is 6.30. The lowest BCUT2D eigenvalue weighted by Crippen LogP contribution is -2.38. The Hall–Kier alpha value is -2.14. The van der Waals surface area contributed by atoms with Crippen LogP contribution in [0.1, 0.15) is 24.1 Å². The fourth-order valence-corrected chi connectivity index (χ4v) is 3.32. The maximum absolute atomic E-state index is 12.3. The number of benzene rings is 1. The van der Waals surface area contributed by atoms with Gasteiger partial charge in [0.05, 0.1) is 12.2 Å². The number of carbonyl (C=O) groups is 1. The van der Waals surface area contributed by atoms with Gasteiger partial charge in [0, 0.05) is 19.2 Å². The molecule has 1 aliphatic rings. The minimum atomic E-state index is 0.0351. The topological polar surface area (TPSA) is 50.2 Å². The third-order valence-electron chi connectivity index (χ3n) is 4.43. The van der Waals surface area contributed by atoms with E-state index in [1.807, 2.05) is 26.1 Å². The van der Waals surface area contributed by atoms with Gasteiger partial charge in [-0.25, -0.2) is 0 Å². The van der Waals surface area contributed by atoms with Gasteiger partial charge in [0.15, 0.2) is 0 Å². The predicted octanol–water partition coefficient (Wildman–Crippen LogP) is 2.37. The lowest BCUT2D eigenvalue weighted by atomic mass is 10.0. The van der Waals surface area contributed by atoms with Gasteiger partial charge in [0.1, 0.15) is 5.82 Å². The molecule has 122 valence electrons. The van der Waals surface area contributed by atoms with E-state index >= 15 is 0 Å². The van der Waals surface area contributed by atoms with E-state index in [0.717, 1.165) is 37.3 Å². The molecule has 0 bridgehead atoms. The van der Waals surface area contributed by atoms with Crippen molar-refractivity contribution >= 4 is 11.7 Å². The number of amides is 1. The molecule has 1 unspecified atom stereocenters. The van der Waals surface area contributed by atoms with Crippen molar-refractivity contribution in [3.63, 3.8) is 0 Å². The second kappa shape index (κ2) is 6.96. The standard InChI is InChI=1S/C18H24N4O/c1-14-11-17(21(2)20-14)19-18(23)13-22-10-6-9-16(22)12-15-7-4-3-5-8-15/h3-5,7-8,11,16H,6,9-10,12-13H2,1-2H3,(H,19,23). The van der Waals surface area contributed by atoms with Gasteiger partial charge < -0.3 is 5.32 Å². The number of carbonyl (C=O) groups excluding carboxylic acids is 1. The van der Waals surface area contributed by atoms with Gasteiger partial charge in [0.25, 0.3) is 0 Å². The summed E-state index contributed by atoms with van der Waals surface area (Å²) in [4.78, 5) is 14.6. The number of rotatable bonds is 5. The largest absolute Gasteiger partial charge is 0.310 e. The van der Waals surface area contributed by atoms with E-state index in [1.54, 1.807) is 4.68 Å². The highest BCUT2D eigenvalue weighted by Crippen LogP contribution is 2.21. The maximum Gasteiger partial charge on any atom is 0.239 e. The van der Waals surface area contributed by atoms with Gasteiger partial charge in [-0.2, -0.15) is 5.10 Å². The number of aromatic nitrogens is 2. The normalized spacial score (nSPS) is 18.3. The van der Waals surface area contributed by atoms with Gasteiger partial charge in [-0.15, -0.1) is 0 Å². The van der Waals surface area contributed by atoms with Crippen LogP contribution in [-0.4, -0.2) is 39.7 Å². The maximum atomic E-state index is 12.3. The molecule has 1 fully saturated rings. The Morgan fingerprint density at radius 1 is 1.35 bits per heavy atom. The molecular formula is C18H24N4O. The molecule has 2 aromatic rings. The summed E-state index contributed by atoms with van der Waals surface area (Å²) in [6, 6.07) is 12.9. The molecule has 1 N–H and O–H groups in total. The van der Waals surface area contributed by atoms with Crippen LogP contribution >= 0.6 is 0 Å². The Labute approximate surface area is 137 Å². The first-order valence-electron chi connectivity index (χ1n) is 8.20. The molecule has 1 aromatic carbocycles. The molecule has 1 saturated heterocycles. The van der Waals surface area contributed by atoms with Crippen LogP contribution in [0.25, 0.3) is 0 Å². The molecular weight excluding hydrogens is 288 g/mol. The Morgan fingerprint density at radius 3 is 2.83 bits per heavy atom. The van der Waals surface area contributed by atoms with Crippen LogP contribution in [0.15, 0.2) is 36.4 Å². The molecule has 1 aliphatic heterocycles. The number of nitrogens with zero attached hydrogens (tertiary/aromatic N) is 3. The van der Waals surface area contributed by atoms with Crippen LogP contribution in [0.2, 0.25) is 0 Å². The summed E-state index contributed by atoms with van der Waals surface area (Å²) in [6.07, 6.45) is 3.33. The highest BCUT2D eigenvalue weighted by atomic mass is 16.2. The first kappa shape index (κ1) is 15.7. The van der Waals surface area contributed by atoms with E-state index in [1.165, 1.54) is 5.56 Å². The zero-order chi connectivity index (χ0) is 16.2. The minimum absolute atomic E-state index is 0.0351. The van der Waals surface area contributed by atoms with Crippen molar-refractivity contribution in [2.24, 2.45) is 7.05 Å². The summed E-state index contributed by atoms with van der Waals surface area (Å²) in [5.41, 5.74) is 2.25. The SMILES string of the molecule is Cc1cc(NC(=O)CN2CCCC2Cc2ccccc2)n(C)n1. The van der Waals surface area contributed by atoms with Crippen molar-refractivity contribution in [2.45, 2.75) is 32.2 Å². The molecule has 1 aromatic heterocycles. The zero-order valence-corrected chi connectivity index (χ0v) is 13.8. The highest BCUT2D eigenvalue weighted by Gasteiger charge is 2.26. The van der Waals surface area contributed by atoms with Gasteiger partial charge in [-0.1, -0.05) is 30.3 Å². The number of hydrogen-bond donors (Lipinski definition) is 1. The first-order chi connectivity index (χ1) is 11.1. The monoisotopic (exact) mass is 312 g/mol. The number of aryl methyl sites for hydroxylation is 2. The summed E-state index contributed by atoms with van der Waals surface area (Å²) in [6.45, 7) is 3.36. The quantitative estimate of drug-likeness (QED) is 0.922. The van der Waals surface area contributed by atoms with Gasteiger partial charge in [0.2, 0.25) is 5.91 Å². The van der Waals surface area contributed by atoms with Gasteiger partial charge in [-0.3, -0.25) is 14.4 Å². The third-order valence-corrected chi connectivity index (χ3v) is 4.43. The summed E-state index contributed by atoms with van der Waals surface area (Å²) >= 11 is 0. The number of likely N-dealkylation sites (tertiary alicyclic amines) is 1. The number of nitrogens with one attached hydrogen (secondary N) is 1. The highest BCUT2D eigenvalue weighted by molar-refractivity contribution is 5.91. The van der Waals surface area contributed by atoms with Crippen LogP contribution in [0.3, 0.4) is 0 Å². The van der Waals surface area contributed by atoms with Crippen molar-refractivity contribution < 1.29 is 4.79 Å². The smallest absolute Gasteiger partial charge is 0.239 e. The van der Waals surface area contributed by atoms with Crippen LogP contribution in [0, 0.1) is 6.92 Å². The van der Waals surface area contributed by atoms with Crippen LogP contribution < -0.4 is 5.32 Å². The molecule has 5 heteroatoms. The fraction of sp³-hybridized carbons (Fsp3) is 0.444. The van der Waals surface area contributed by atoms with Crippen molar-refractivity contribution in [3.8, 4) is 0 Å². The second-order valence-corrected chi connectivity index (χ2v) is 6.30. The summed E-state index contributed by atoms with van der Waals surface area (Å²) in [7, 11) is 1.84. The summed E-state index contributed by atoms with van der Waals surface area (Å²) in [5, 5.41) is 7.22. The van der Waals surface area contributed by atoms with E-state index in [-0.39, 0.29) is 5.91 Å². The van der Waals surface area contributed by atoms with Gasteiger partial charge >= 0.3 is 0 Å². The molecule has 3 rings (SSSR count). The van der Waals surface area contributed by atoms with Crippen LogP contribution in [0.4, 0.5) is 5.82 Å². The van der Waals surface area contributed by atoms with Crippen molar-refractivity contribution in [2.75, 3.05) is 18.4 Å². The molecule has 2 heterocycles. The molecule has 0 saturated carbocycles. The molecule has 1 atom stereocenters. The molecule has 23 heavy (non-hydrogen) atoms. The molecule has 1 amide bonds. The average molecular weight is 312 g/mol. The van der Waals surface area contributed by atoms with Gasteiger partial charge in [-0.05, 0) is 38.3 Å². The Balaban J connectivity index is 1.58. The Morgan fingerprint density at radius 2 is 2.13 bits per heavy atom.